The number of hydrogen-bond acceptors (Lipinski definition) is 3. The van der Waals surface area contributed by atoms with Crippen LogP contribution in [0.3, 0.4) is 0 Å². The van der Waals surface area contributed by atoms with Crippen LogP contribution >= 0.6 is 11.6 Å². The van der Waals surface area contributed by atoms with Crippen molar-refractivity contribution in [3.63, 3.8) is 0 Å². The van der Waals surface area contributed by atoms with Gasteiger partial charge in [-0.15, -0.1) is 0 Å². The summed E-state index contributed by atoms with van der Waals surface area (Å²) in [4.78, 5) is 0. The van der Waals surface area contributed by atoms with Crippen LogP contribution in [0, 0.1) is 0 Å². The molecule has 1 atom stereocenters. The first-order chi connectivity index (χ1) is 7.90. The normalized spacial score (nSPS) is 13.9. The van der Waals surface area contributed by atoms with E-state index in [4.69, 9.17) is 17.3 Å². The smallest absolute Gasteiger partial charge is 0.215 e. The number of hydrogen-bond donors (Lipinski definition) is 1. The Balaban J connectivity index is 2.99. The third-order valence-electron chi connectivity index (χ3n) is 2.72. The second-order valence-electron chi connectivity index (χ2n) is 3.82. The maximum absolute atomic E-state index is 11.9. The van der Waals surface area contributed by atoms with Gasteiger partial charge in [-0.25, -0.2) is 8.42 Å². The van der Waals surface area contributed by atoms with Crippen molar-refractivity contribution in [3.05, 3.63) is 34.9 Å². The maximum Gasteiger partial charge on any atom is 0.215 e. The molecule has 1 aromatic rings. The Kier molecular flexibility index (Phi) is 4.94. The van der Waals surface area contributed by atoms with Crippen LogP contribution in [-0.2, 0) is 10.0 Å². The van der Waals surface area contributed by atoms with E-state index in [-0.39, 0.29) is 18.3 Å². The summed E-state index contributed by atoms with van der Waals surface area (Å²) in [5.41, 5.74) is 6.08. The highest BCUT2D eigenvalue weighted by atomic mass is 35.5. The van der Waals surface area contributed by atoms with Crippen molar-refractivity contribution in [1.82, 2.24) is 4.31 Å². The Morgan fingerprint density at radius 1 is 1.41 bits per heavy atom. The third kappa shape index (κ3) is 3.42. The molecular weight excluding hydrogens is 260 g/mol. The van der Waals surface area contributed by atoms with Crippen molar-refractivity contribution < 1.29 is 8.42 Å². The monoisotopic (exact) mass is 276 g/mol. The molecule has 0 bridgehead atoms. The lowest BCUT2D eigenvalue weighted by Gasteiger charge is -2.25. The van der Waals surface area contributed by atoms with Crippen LogP contribution in [0.4, 0.5) is 0 Å². The first kappa shape index (κ1) is 14.4. The zero-order valence-electron chi connectivity index (χ0n) is 9.93. The number of nitrogens with two attached hydrogens (primary N) is 1. The molecule has 1 aromatic carbocycles. The second-order valence-corrected chi connectivity index (χ2v) is 6.37. The summed E-state index contributed by atoms with van der Waals surface area (Å²) >= 11 is 6.04. The summed E-state index contributed by atoms with van der Waals surface area (Å²) in [6.07, 6.45) is 0. The summed E-state index contributed by atoms with van der Waals surface area (Å²) < 4.78 is 25.0. The summed E-state index contributed by atoms with van der Waals surface area (Å²) in [6, 6.07) is 6.91. The molecule has 0 saturated carbocycles. The number of sulfonamides is 1. The molecule has 0 amide bonds. The van der Waals surface area contributed by atoms with Gasteiger partial charge in [0, 0.05) is 24.7 Å². The molecular formula is C11H17ClN2O2S. The molecule has 1 unspecified atom stereocenters. The standard InChI is InChI=1S/C11H17ClN2O2S/c1-9(10-5-3-4-6-11(10)12)14(2)17(15,16)8-7-13/h3-6,9H,7-8,13H2,1-2H3. The fraction of sp³-hybridized carbons (Fsp3) is 0.455. The average molecular weight is 277 g/mol. The van der Waals surface area contributed by atoms with Gasteiger partial charge < -0.3 is 5.73 Å². The molecule has 1 rings (SSSR count). The number of rotatable bonds is 5. The molecule has 17 heavy (non-hydrogen) atoms. The number of benzene rings is 1. The topological polar surface area (TPSA) is 63.4 Å². The predicted octanol–water partition coefficient (Wildman–Crippen LogP) is 1.62. The largest absolute Gasteiger partial charge is 0.329 e. The zero-order valence-corrected chi connectivity index (χ0v) is 11.5. The van der Waals surface area contributed by atoms with Crippen LogP contribution in [0.1, 0.15) is 18.5 Å². The minimum Gasteiger partial charge on any atom is -0.329 e. The summed E-state index contributed by atoms with van der Waals surface area (Å²) in [7, 11) is -1.78. The minimum absolute atomic E-state index is 0.0572. The molecule has 2 N–H and O–H groups in total. The Hall–Kier alpha value is -0.620. The van der Waals surface area contributed by atoms with Gasteiger partial charge >= 0.3 is 0 Å². The maximum atomic E-state index is 11.9. The van der Waals surface area contributed by atoms with Crippen molar-refractivity contribution in [2.45, 2.75) is 13.0 Å². The highest BCUT2D eigenvalue weighted by molar-refractivity contribution is 7.89. The van der Waals surface area contributed by atoms with E-state index in [9.17, 15) is 8.42 Å². The molecule has 0 heterocycles. The van der Waals surface area contributed by atoms with E-state index < -0.39 is 10.0 Å². The van der Waals surface area contributed by atoms with Crippen LogP contribution in [0.15, 0.2) is 24.3 Å². The molecule has 0 aliphatic rings. The highest BCUT2D eigenvalue weighted by Crippen LogP contribution is 2.27. The Bertz CT molecular complexity index is 476. The molecule has 0 aliphatic heterocycles. The number of halogens is 1. The van der Waals surface area contributed by atoms with Crippen LogP contribution in [0.2, 0.25) is 5.02 Å². The van der Waals surface area contributed by atoms with Crippen molar-refractivity contribution in [1.29, 1.82) is 0 Å². The molecule has 0 spiro atoms. The Morgan fingerprint density at radius 2 is 2.00 bits per heavy atom. The lowest BCUT2D eigenvalue weighted by atomic mass is 10.1. The first-order valence-corrected chi connectivity index (χ1v) is 7.29. The van der Waals surface area contributed by atoms with E-state index in [1.165, 1.54) is 4.31 Å². The molecule has 0 aliphatic carbocycles. The Labute approximate surface area is 107 Å². The average Bonchev–Trinajstić information content (AvgIpc) is 2.27. The van der Waals surface area contributed by atoms with Crippen LogP contribution < -0.4 is 5.73 Å². The van der Waals surface area contributed by atoms with E-state index in [0.717, 1.165) is 5.56 Å². The molecule has 6 heteroatoms. The molecule has 0 saturated heterocycles. The van der Waals surface area contributed by atoms with Crippen molar-refractivity contribution >= 4 is 21.6 Å². The molecule has 4 nitrogen and oxygen atoms in total. The van der Waals surface area contributed by atoms with E-state index >= 15 is 0 Å². The van der Waals surface area contributed by atoms with E-state index in [1.54, 1.807) is 20.0 Å². The lowest BCUT2D eigenvalue weighted by molar-refractivity contribution is 0.399. The zero-order chi connectivity index (χ0) is 13.1. The number of nitrogens with zero attached hydrogens (tertiary/aromatic N) is 1. The molecule has 0 radical (unpaired) electrons. The van der Waals surface area contributed by atoms with E-state index in [0.29, 0.717) is 5.02 Å². The van der Waals surface area contributed by atoms with Gasteiger partial charge in [-0.1, -0.05) is 29.8 Å². The van der Waals surface area contributed by atoms with Gasteiger partial charge in [-0.3, -0.25) is 0 Å². The van der Waals surface area contributed by atoms with Gasteiger partial charge in [-0.2, -0.15) is 4.31 Å². The Morgan fingerprint density at radius 3 is 2.53 bits per heavy atom. The summed E-state index contributed by atoms with van der Waals surface area (Å²) in [6.45, 7) is 1.91. The van der Waals surface area contributed by atoms with Crippen molar-refractivity contribution in [2.75, 3.05) is 19.3 Å². The van der Waals surface area contributed by atoms with Crippen LogP contribution in [0.5, 0.6) is 0 Å². The van der Waals surface area contributed by atoms with Gasteiger partial charge in [0.2, 0.25) is 10.0 Å². The molecule has 96 valence electrons. The minimum atomic E-state index is -3.32. The molecule has 0 fully saturated rings. The van der Waals surface area contributed by atoms with Crippen molar-refractivity contribution in [3.8, 4) is 0 Å². The molecule has 0 aromatic heterocycles. The fourth-order valence-electron chi connectivity index (χ4n) is 1.54. The highest BCUT2D eigenvalue weighted by Gasteiger charge is 2.24. The van der Waals surface area contributed by atoms with Gasteiger partial charge in [-0.05, 0) is 18.6 Å². The van der Waals surface area contributed by atoms with Crippen LogP contribution in [0.25, 0.3) is 0 Å². The summed E-state index contributed by atoms with van der Waals surface area (Å²) in [5.74, 6) is -0.0572. The summed E-state index contributed by atoms with van der Waals surface area (Å²) in [5, 5.41) is 0.565. The van der Waals surface area contributed by atoms with Crippen LogP contribution in [-0.4, -0.2) is 32.1 Å². The van der Waals surface area contributed by atoms with Crippen molar-refractivity contribution in [2.24, 2.45) is 5.73 Å². The third-order valence-corrected chi connectivity index (χ3v) is 5.00. The van der Waals surface area contributed by atoms with Gasteiger partial charge in [0.1, 0.15) is 0 Å². The SMILES string of the molecule is CC(c1ccccc1Cl)N(C)S(=O)(=O)CCN. The second kappa shape index (κ2) is 5.82. The van der Waals surface area contributed by atoms with Gasteiger partial charge in [0.15, 0.2) is 0 Å². The van der Waals surface area contributed by atoms with E-state index in [2.05, 4.69) is 0 Å². The van der Waals surface area contributed by atoms with E-state index in [1.807, 2.05) is 18.2 Å². The van der Waals surface area contributed by atoms with Gasteiger partial charge in [0.25, 0.3) is 0 Å². The fourth-order valence-corrected chi connectivity index (χ4v) is 3.02. The lowest BCUT2D eigenvalue weighted by Crippen LogP contribution is -2.34. The predicted molar refractivity (Wildman–Crippen MR) is 70.5 cm³/mol. The first-order valence-electron chi connectivity index (χ1n) is 5.30. The quantitative estimate of drug-likeness (QED) is 0.889. The van der Waals surface area contributed by atoms with Gasteiger partial charge in [0.05, 0.1) is 5.75 Å².